The maximum Gasteiger partial charge on any atom is 0.229 e. The lowest BCUT2D eigenvalue weighted by atomic mass is 9.62. The summed E-state index contributed by atoms with van der Waals surface area (Å²) in [6.45, 7) is 6.22. The zero-order chi connectivity index (χ0) is 20.4. The van der Waals surface area contributed by atoms with Gasteiger partial charge in [-0.3, -0.25) is 9.59 Å². The van der Waals surface area contributed by atoms with Gasteiger partial charge in [0, 0.05) is 32.0 Å². The number of piperidine rings is 2. The molecule has 2 aromatic carbocycles. The number of nitrogens with one attached hydrogen (secondary N) is 1. The molecule has 152 valence electrons. The van der Waals surface area contributed by atoms with Gasteiger partial charge in [0.15, 0.2) is 0 Å². The van der Waals surface area contributed by atoms with Gasteiger partial charge in [0.1, 0.15) is 0 Å². The van der Waals surface area contributed by atoms with Gasteiger partial charge in [-0.1, -0.05) is 54.6 Å². The number of carbonyl (C=O) groups is 2. The summed E-state index contributed by atoms with van der Waals surface area (Å²) in [5, 5.41) is 3.06. The van der Waals surface area contributed by atoms with Gasteiger partial charge in [0.05, 0.1) is 5.92 Å². The number of hydrogen-bond donors (Lipinski definition) is 1. The molecule has 0 saturated carbocycles. The molecule has 0 radical (unpaired) electrons. The highest BCUT2D eigenvalue weighted by Crippen LogP contribution is 2.49. The van der Waals surface area contributed by atoms with Crippen molar-refractivity contribution in [1.82, 2.24) is 10.2 Å². The van der Waals surface area contributed by atoms with Crippen LogP contribution >= 0.6 is 0 Å². The van der Waals surface area contributed by atoms with E-state index in [9.17, 15) is 9.59 Å². The molecular formula is C25H30N2O2. The molecule has 2 atom stereocenters. The molecule has 4 heteroatoms. The molecule has 0 bridgehead atoms. The standard InChI is InChI=1S/C25H30N2O2/c1-18-8-6-7-11-21(18)19(2)24(29)27-14-12-25(13-15-27)16-23(28)26-17-22(25)20-9-4-3-5-10-20/h3-11,19,22H,12-17H2,1-2H3,(H,26,28). The third-order valence-corrected chi connectivity index (χ3v) is 7.05. The molecule has 2 aromatic rings. The zero-order valence-corrected chi connectivity index (χ0v) is 17.4. The minimum absolute atomic E-state index is 0.0492. The van der Waals surface area contributed by atoms with E-state index >= 15 is 0 Å². The van der Waals surface area contributed by atoms with Crippen molar-refractivity contribution in [2.45, 2.75) is 44.9 Å². The lowest BCUT2D eigenvalue weighted by Crippen LogP contribution is -2.53. The molecule has 2 fully saturated rings. The van der Waals surface area contributed by atoms with Gasteiger partial charge in [-0.2, -0.15) is 0 Å². The highest BCUT2D eigenvalue weighted by Gasteiger charge is 2.47. The maximum absolute atomic E-state index is 13.2. The van der Waals surface area contributed by atoms with Crippen molar-refractivity contribution in [2.75, 3.05) is 19.6 Å². The summed E-state index contributed by atoms with van der Waals surface area (Å²) >= 11 is 0. The largest absolute Gasteiger partial charge is 0.355 e. The Kier molecular flexibility index (Phi) is 5.44. The summed E-state index contributed by atoms with van der Waals surface area (Å²) in [5.41, 5.74) is 3.51. The van der Waals surface area contributed by atoms with Crippen molar-refractivity contribution in [1.29, 1.82) is 0 Å². The van der Waals surface area contributed by atoms with E-state index in [0.29, 0.717) is 18.9 Å². The Morgan fingerprint density at radius 2 is 1.72 bits per heavy atom. The zero-order valence-electron chi connectivity index (χ0n) is 17.4. The molecule has 4 rings (SSSR count). The highest BCUT2D eigenvalue weighted by molar-refractivity contribution is 5.84. The van der Waals surface area contributed by atoms with E-state index in [1.165, 1.54) is 5.56 Å². The molecule has 2 aliphatic heterocycles. The smallest absolute Gasteiger partial charge is 0.229 e. The molecule has 29 heavy (non-hydrogen) atoms. The van der Waals surface area contributed by atoms with Crippen molar-refractivity contribution in [3.8, 4) is 0 Å². The van der Waals surface area contributed by atoms with Gasteiger partial charge in [-0.15, -0.1) is 0 Å². The monoisotopic (exact) mass is 390 g/mol. The molecule has 2 unspecified atom stereocenters. The number of hydrogen-bond acceptors (Lipinski definition) is 2. The lowest BCUT2D eigenvalue weighted by Gasteiger charge is -2.49. The number of amides is 2. The Hall–Kier alpha value is -2.62. The third-order valence-electron chi connectivity index (χ3n) is 7.05. The van der Waals surface area contributed by atoms with E-state index in [1.54, 1.807) is 0 Å². The number of nitrogens with zero attached hydrogens (tertiary/aromatic N) is 1. The summed E-state index contributed by atoms with van der Waals surface area (Å²) < 4.78 is 0. The Bertz CT molecular complexity index is 885. The van der Waals surface area contributed by atoms with Gasteiger partial charge in [0.2, 0.25) is 11.8 Å². The van der Waals surface area contributed by atoms with E-state index in [0.717, 1.165) is 37.1 Å². The molecule has 1 N–H and O–H groups in total. The quantitative estimate of drug-likeness (QED) is 0.861. The average molecular weight is 391 g/mol. The molecule has 2 amide bonds. The summed E-state index contributed by atoms with van der Waals surface area (Å²) in [6.07, 6.45) is 2.32. The SMILES string of the molecule is Cc1ccccc1C(C)C(=O)N1CCC2(CC1)CC(=O)NCC2c1ccccc1. The van der Waals surface area contributed by atoms with E-state index in [-0.39, 0.29) is 23.1 Å². The maximum atomic E-state index is 13.2. The number of rotatable bonds is 3. The van der Waals surface area contributed by atoms with Gasteiger partial charge in [-0.05, 0) is 48.8 Å². The van der Waals surface area contributed by atoms with Crippen molar-refractivity contribution in [2.24, 2.45) is 5.41 Å². The molecule has 0 aliphatic carbocycles. The second-order valence-electron chi connectivity index (χ2n) is 8.71. The van der Waals surface area contributed by atoms with Crippen molar-refractivity contribution < 1.29 is 9.59 Å². The van der Waals surface area contributed by atoms with Crippen LogP contribution in [0.15, 0.2) is 54.6 Å². The third kappa shape index (κ3) is 3.81. The minimum Gasteiger partial charge on any atom is -0.355 e. The summed E-state index contributed by atoms with van der Waals surface area (Å²) in [4.78, 5) is 27.5. The molecule has 0 aromatic heterocycles. The highest BCUT2D eigenvalue weighted by atomic mass is 16.2. The molecule has 2 saturated heterocycles. The van der Waals surface area contributed by atoms with E-state index in [2.05, 4.69) is 48.6 Å². The molecule has 2 heterocycles. The second-order valence-corrected chi connectivity index (χ2v) is 8.71. The number of aryl methyl sites for hydroxylation is 1. The van der Waals surface area contributed by atoms with Crippen LogP contribution in [0.5, 0.6) is 0 Å². The predicted octanol–water partition coefficient (Wildman–Crippen LogP) is 4.01. The number of carbonyl (C=O) groups excluding carboxylic acids is 2. The molecule has 2 aliphatic rings. The first-order valence-corrected chi connectivity index (χ1v) is 10.7. The van der Waals surface area contributed by atoms with Gasteiger partial charge < -0.3 is 10.2 Å². The second kappa shape index (κ2) is 8.02. The minimum atomic E-state index is -0.134. The van der Waals surface area contributed by atoms with Gasteiger partial charge in [-0.25, -0.2) is 0 Å². The summed E-state index contributed by atoms with van der Waals surface area (Å²) in [5.74, 6) is 0.521. The summed E-state index contributed by atoms with van der Waals surface area (Å²) in [7, 11) is 0. The number of likely N-dealkylation sites (tertiary alicyclic amines) is 1. The molecule has 4 nitrogen and oxygen atoms in total. The van der Waals surface area contributed by atoms with Gasteiger partial charge >= 0.3 is 0 Å². The molecule has 1 spiro atoms. The molecular weight excluding hydrogens is 360 g/mol. The van der Waals surface area contributed by atoms with Crippen LogP contribution < -0.4 is 5.32 Å². The van der Waals surface area contributed by atoms with Crippen LogP contribution in [0.1, 0.15) is 54.7 Å². The van der Waals surface area contributed by atoms with Gasteiger partial charge in [0.25, 0.3) is 0 Å². The Morgan fingerprint density at radius 3 is 2.41 bits per heavy atom. The Labute approximate surface area is 173 Å². The fraction of sp³-hybridized carbons (Fsp3) is 0.440. The van der Waals surface area contributed by atoms with Crippen LogP contribution in [-0.2, 0) is 9.59 Å². The first-order valence-electron chi connectivity index (χ1n) is 10.7. The van der Waals surface area contributed by atoms with Crippen LogP contribution in [0, 0.1) is 12.3 Å². The lowest BCUT2D eigenvalue weighted by molar-refractivity contribution is -0.136. The first-order chi connectivity index (χ1) is 14.0. The average Bonchev–Trinajstić information content (AvgIpc) is 2.74. The van der Waals surface area contributed by atoms with Crippen LogP contribution in [-0.4, -0.2) is 36.3 Å². The van der Waals surface area contributed by atoms with E-state index in [1.807, 2.05) is 30.0 Å². The fourth-order valence-corrected chi connectivity index (χ4v) is 5.27. The normalized spacial score (nSPS) is 22.2. The van der Waals surface area contributed by atoms with Crippen LogP contribution in [0.2, 0.25) is 0 Å². The van der Waals surface area contributed by atoms with E-state index in [4.69, 9.17) is 0 Å². The van der Waals surface area contributed by atoms with Crippen molar-refractivity contribution in [3.63, 3.8) is 0 Å². The topological polar surface area (TPSA) is 49.4 Å². The van der Waals surface area contributed by atoms with E-state index < -0.39 is 0 Å². The Morgan fingerprint density at radius 1 is 1.07 bits per heavy atom. The summed E-state index contributed by atoms with van der Waals surface area (Å²) in [6, 6.07) is 18.6. The van der Waals surface area contributed by atoms with Crippen molar-refractivity contribution >= 4 is 11.8 Å². The van der Waals surface area contributed by atoms with Crippen LogP contribution in [0.3, 0.4) is 0 Å². The van der Waals surface area contributed by atoms with Crippen molar-refractivity contribution in [3.05, 3.63) is 71.3 Å². The van der Waals surface area contributed by atoms with Crippen LogP contribution in [0.4, 0.5) is 0 Å². The fourth-order valence-electron chi connectivity index (χ4n) is 5.27. The van der Waals surface area contributed by atoms with Crippen LogP contribution in [0.25, 0.3) is 0 Å². The first kappa shape index (κ1) is 19.7. The predicted molar refractivity (Wildman–Crippen MR) is 115 cm³/mol. The number of benzene rings is 2. The Balaban J connectivity index is 1.50.